The van der Waals surface area contributed by atoms with Crippen LogP contribution in [0.1, 0.15) is 11.1 Å². The molecule has 0 saturated carbocycles. The molecule has 9 heteroatoms. The van der Waals surface area contributed by atoms with E-state index < -0.39 is 11.7 Å². The molecule has 1 heterocycles. The molecule has 0 spiro atoms. The van der Waals surface area contributed by atoms with E-state index in [9.17, 15) is 14.4 Å². The van der Waals surface area contributed by atoms with Crippen molar-refractivity contribution in [3.8, 4) is 23.3 Å². The van der Waals surface area contributed by atoms with Crippen molar-refractivity contribution in [1.82, 2.24) is 0 Å². The monoisotopic (exact) mass is 484 g/mol. The van der Waals surface area contributed by atoms with Crippen LogP contribution >= 0.6 is 23.2 Å². The summed E-state index contributed by atoms with van der Waals surface area (Å²) < 4.78 is 30.2. The third-order valence-electron chi connectivity index (χ3n) is 4.64. The molecule has 166 valence electrons. The maximum absolute atomic E-state index is 13.8. The van der Waals surface area contributed by atoms with Crippen molar-refractivity contribution in [2.45, 2.75) is 6.61 Å². The molecule has 33 heavy (non-hydrogen) atoms. The van der Waals surface area contributed by atoms with Crippen LogP contribution < -0.4 is 19.5 Å². The molecule has 1 N–H and O–H groups in total. The van der Waals surface area contributed by atoms with Crippen molar-refractivity contribution >= 4 is 40.9 Å². The van der Waals surface area contributed by atoms with Gasteiger partial charge in [-0.15, -0.1) is 0 Å². The molecule has 1 aliphatic heterocycles. The third kappa shape index (κ3) is 5.20. The Morgan fingerprint density at radius 2 is 1.85 bits per heavy atom. The minimum absolute atomic E-state index is 0.0352. The molecular weight excluding hydrogens is 470 g/mol. The van der Waals surface area contributed by atoms with E-state index in [1.54, 1.807) is 24.3 Å². The average Bonchev–Trinajstić information content (AvgIpc) is 3.26. The van der Waals surface area contributed by atoms with Gasteiger partial charge in [0.2, 0.25) is 6.79 Å². The van der Waals surface area contributed by atoms with Crippen LogP contribution in [-0.2, 0) is 11.4 Å². The topological polar surface area (TPSA) is 80.6 Å². The molecule has 0 radical (unpaired) electrons. The highest BCUT2D eigenvalue weighted by molar-refractivity contribution is 6.37. The summed E-state index contributed by atoms with van der Waals surface area (Å²) in [7, 11) is 0. The number of nitrogens with one attached hydrogen (secondary N) is 1. The Labute approximate surface area is 198 Å². The zero-order chi connectivity index (χ0) is 23.4. The predicted molar refractivity (Wildman–Crippen MR) is 122 cm³/mol. The van der Waals surface area contributed by atoms with E-state index in [4.69, 9.17) is 37.4 Å². The summed E-state index contributed by atoms with van der Waals surface area (Å²) in [5.41, 5.74) is 0.944. The summed E-state index contributed by atoms with van der Waals surface area (Å²) in [6.45, 7) is 0.356. The summed E-state index contributed by atoms with van der Waals surface area (Å²) in [5, 5.41) is 12.1. The van der Waals surface area contributed by atoms with Crippen LogP contribution in [0, 0.1) is 17.1 Å². The van der Waals surface area contributed by atoms with Crippen LogP contribution in [0.2, 0.25) is 10.0 Å². The SMILES string of the molecule is N#C/C(=C/c1cc(Cl)c(OCc2ccc3c(c2)OCO3)c(Cl)c1)C(=O)Nc1ccccc1F. The molecular formula is C24H15Cl2FN2O4. The maximum Gasteiger partial charge on any atom is 0.266 e. The van der Waals surface area contributed by atoms with Crippen LogP contribution in [0.25, 0.3) is 6.08 Å². The number of fused-ring (bicyclic) bond motifs is 1. The Morgan fingerprint density at radius 1 is 1.12 bits per heavy atom. The van der Waals surface area contributed by atoms with Crippen molar-refractivity contribution in [2.24, 2.45) is 0 Å². The van der Waals surface area contributed by atoms with Gasteiger partial charge in [0.05, 0.1) is 15.7 Å². The number of carbonyl (C=O) groups excluding carboxylic acids is 1. The van der Waals surface area contributed by atoms with Gasteiger partial charge in [0, 0.05) is 0 Å². The number of benzene rings is 3. The van der Waals surface area contributed by atoms with Gasteiger partial charge in [-0.1, -0.05) is 41.4 Å². The summed E-state index contributed by atoms with van der Waals surface area (Å²) in [6, 6.07) is 15.9. The molecule has 0 unspecified atom stereocenters. The number of rotatable bonds is 6. The number of para-hydroxylation sites is 1. The first-order chi connectivity index (χ1) is 15.9. The summed E-state index contributed by atoms with van der Waals surface area (Å²) in [6.07, 6.45) is 1.30. The van der Waals surface area contributed by atoms with E-state index in [1.807, 2.05) is 6.07 Å². The largest absolute Gasteiger partial charge is 0.486 e. The molecule has 0 saturated heterocycles. The number of nitrogens with zero attached hydrogens (tertiary/aromatic N) is 1. The number of ether oxygens (including phenoxy) is 3. The van der Waals surface area contributed by atoms with Crippen molar-refractivity contribution in [1.29, 1.82) is 5.26 Å². The van der Waals surface area contributed by atoms with Crippen LogP contribution in [-0.4, -0.2) is 12.7 Å². The fraction of sp³-hybridized carbons (Fsp3) is 0.0833. The molecule has 6 nitrogen and oxygen atoms in total. The van der Waals surface area contributed by atoms with E-state index in [-0.39, 0.29) is 40.5 Å². The molecule has 0 fully saturated rings. The Kier molecular flexibility index (Phi) is 6.68. The smallest absolute Gasteiger partial charge is 0.266 e. The molecule has 0 bridgehead atoms. The lowest BCUT2D eigenvalue weighted by molar-refractivity contribution is -0.112. The number of nitriles is 1. The highest BCUT2D eigenvalue weighted by atomic mass is 35.5. The van der Waals surface area contributed by atoms with E-state index in [2.05, 4.69) is 5.32 Å². The standard InChI is InChI=1S/C24H15Cl2FN2O4/c25-17-8-15(7-16(11-28)24(30)29-20-4-2-1-3-19(20)27)9-18(26)23(17)31-12-14-5-6-21-22(10-14)33-13-32-21/h1-10H,12-13H2,(H,29,30)/b16-7-. The van der Waals surface area contributed by atoms with Gasteiger partial charge in [0.1, 0.15) is 24.1 Å². The molecule has 3 aromatic rings. The van der Waals surface area contributed by atoms with Gasteiger partial charge in [-0.25, -0.2) is 4.39 Å². The van der Waals surface area contributed by atoms with Crippen molar-refractivity contribution in [2.75, 3.05) is 12.1 Å². The molecule has 4 rings (SSSR count). The fourth-order valence-electron chi connectivity index (χ4n) is 3.05. The average molecular weight is 485 g/mol. The second-order valence-corrected chi connectivity index (χ2v) is 7.71. The van der Waals surface area contributed by atoms with Crippen LogP contribution in [0.5, 0.6) is 17.2 Å². The number of hydrogen-bond acceptors (Lipinski definition) is 5. The van der Waals surface area contributed by atoms with Gasteiger partial charge in [-0.05, 0) is 53.6 Å². The number of halogens is 3. The molecule has 0 aliphatic carbocycles. The molecule has 3 aromatic carbocycles. The van der Waals surface area contributed by atoms with Gasteiger partial charge in [0.25, 0.3) is 5.91 Å². The first kappa shape index (κ1) is 22.5. The van der Waals surface area contributed by atoms with Crippen molar-refractivity contribution < 1.29 is 23.4 Å². The predicted octanol–water partition coefficient (Wildman–Crippen LogP) is 5.99. The molecule has 1 aliphatic rings. The first-order valence-corrected chi connectivity index (χ1v) is 10.4. The summed E-state index contributed by atoms with van der Waals surface area (Å²) in [4.78, 5) is 12.4. The maximum atomic E-state index is 13.8. The number of hydrogen-bond donors (Lipinski definition) is 1. The second-order valence-electron chi connectivity index (χ2n) is 6.89. The van der Waals surface area contributed by atoms with E-state index >= 15 is 0 Å². The quantitative estimate of drug-likeness (QED) is 0.343. The number of carbonyl (C=O) groups is 1. The lowest BCUT2D eigenvalue weighted by Crippen LogP contribution is -2.14. The minimum atomic E-state index is -0.766. The zero-order valence-corrected chi connectivity index (χ0v) is 18.4. The van der Waals surface area contributed by atoms with E-state index in [1.165, 1.54) is 36.4 Å². The van der Waals surface area contributed by atoms with Crippen molar-refractivity contribution in [3.63, 3.8) is 0 Å². The fourth-order valence-corrected chi connectivity index (χ4v) is 3.67. The highest BCUT2D eigenvalue weighted by Crippen LogP contribution is 2.37. The van der Waals surface area contributed by atoms with E-state index in [0.29, 0.717) is 17.1 Å². The Hall–Kier alpha value is -3.73. The molecule has 0 aromatic heterocycles. The molecule has 1 amide bonds. The minimum Gasteiger partial charge on any atom is -0.486 e. The normalized spacial score (nSPS) is 12.2. The van der Waals surface area contributed by atoms with Gasteiger partial charge >= 0.3 is 0 Å². The second kappa shape index (κ2) is 9.82. The Bertz CT molecular complexity index is 1280. The number of amides is 1. The lowest BCUT2D eigenvalue weighted by atomic mass is 10.1. The summed E-state index contributed by atoms with van der Waals surface area (Å²) in [5.74, 6) is 0.170. The van der Waals surface area contributed by atoms with E-state index in [0.717, 1.165) is 5.56 Å². The Morgan fingerprint density at radius 3 is 2.58 bits per heavy atom. The molecule has 0 atom stereocenters. The van der Waals surface area contributed by atoms with Crippen LogP contribution in [0.3, 0.4) is 0 Å². The zero-order valence-electron chi connectivity index (χ0n) is 16.9. The van der Waals surface area contributed by atoms with Crippen molar-refractivity contribution in [3.05, 3.63) is 87.2 Å². The highest BCUT2D eigenvalue weighted by Gasteiger charge is 2.16. The third-order valence-corrected chi connectivity index (χ3v) is 5.20. The van der Waals surface area contributed by atoms with Gasteiger partial charge in [-0.3, -0.25) is 4.79 Å². The number of anilines is 1. The summed E-state index contributed by atoms with van der Waals surface area (Å²) >= 11 is 12.7. The Balaban J connectivity index is 1.49. The lowest BCUT2D eigenvalue weighted by Gasteiger charge is -2.12. The van der Waals surface area contributed by atoms with Crippen LogP contribution in [0.4, 0.5) is 10.1 Å². The van der Waals surface area contributed by atoms with Crippen LogP contribution in [0.15, 0.2) is 60.2 Å². The first-order valence-electron chi connectivity index (χ1n) is 9.62. The van der Waals surface area contributed by atoms with Gasteiger partial charge < -0.3 is 19.5 Å². The van der Waals surface area contributed by atoms with Gasteiger partial charge in [-0.2, -0.15) is 5.26 Å². The van der Waals surface area contributed by atoms with Gasteiger partial charge in [0.15, 0.2) is 17.2 Å².